The summed E-state index contributed by atoms with van der Waals surface area (Å²) in [5.41, 5.74) is 24.1. The molecule has 1 aromatic carbocycles. The van der Waals surface area contributed by atoms with Crippen LogP contribution in [-0.2, 0) is 59.2 Å². The van der Waals surface area contributed by atoms with Crippen LogP contribution in [0.2, 0.25) is 0 Å². The van der Waals surface area contributed by atoms with Gasteiger partial charge in [0.05, 0.1) is 18.8 Å². The molecule has 31 heteroatoms. The number of aliphatic hydroxyl groups is 2. The molecule has 0 saturated heterocycles. The van der Waals surface area contributed by atoms with Gasteiger partial charge in [-0.3, -0.25) is 52.9 Å². The standard InChI is InChI=1S/C55H91N15O15S/c1-27(2)21-33(57)45(75)69-43(29(5)6)52(82)70-44(30(7)72)53(83)64-37(17-18-42(73)74)48(78)62-35(15-10-11-19-56)47(77)67-40(25-71)51(81)63-36(16-12-20-60-55(58)59)46(76)66-39(23-31-24-61-34-14-9-8-13-32(31)34)50(80)65-38(22-28(3)4)49(79)68-41(26-86)54(84)85/h8-9,13-14,24,27-30,33,35-41,43-44,61,71-72,86H,10-12,15-23,25-26,56-57H2,1-7H3,(H,62,78)(H,63,81)(H,64,83)(H,65,80)(H,66,76)(H,67,77)(H,68,79)(H,69,75)(H,70,82)(H,73,74)(H,84,85)(H4,58,59,60)/t30-,33+,35+,36+,37+,38+,39+,40+,41+,43+,44+/m1/s1. The number of carbonyl (C=O) groups excluding carboxylic acids is 9. The highest BCUT2D eigenvalue weighted by Gasteiger charge is 2.37. The van der Waals surface area contributed by atoms with Crippen LogP contribution in [0.3, 0.4) is 0 Å². The molecule has 9 amide bonds. The lowest BCUT2D eigenvalue weighted by molar-refractivity contribution is -0.141. The summed E-state index contributed by atoms with van der Waals surface area (Å²) in [5.74, 6) is -12.6. The van der Waals surface area contributed by atoms with E-state index in [1.54, 1.807) is 58.2 Å². The van der Waals surface area contributed by atoms with E-state index in [-0.39, 0.29) is 75.2 Å². The molecule has 0 aliphatic heterocycles. The minimum Gasteiger partial charge on any atom is -0.481 e. The van der Waals surface area contributed by atoms with Crippen molar-refractivity contribution >= 4 is 94.6 Å². The Morgan fingerprint density at radius 3 is 1.58 bits per heavy atom. The number of thiol groups is 1. The summed E-state index contributed by atoms with van der Waals surface area (Å²) in [6, 6.07) is -7.69. The van der Waals surface area contributed by atoms with Gasteiger partial charge in [0.15, 0.2) is 5.96 Å². The quantitative estimate of drug-likeness (QED) is 0.0134. The van der Waals surface area contributed by atoms with E-state index in [0.29, 0.717) is 29.3 Å². The van der Waals surface area contributed by atoms with E-state index in [1.807, 2.05) is 13.8 Å². The zero-order valence-electron chi connectivity index (χ0n) is 49.9. The molecule has 0 saturated carbocycles. The number of guanidine groups is 1. The van der Waals surface area contributed by atoms with Crippen LogP contribution < -0.4 is 70.8 Å². The Morgan fingerprint density at radius 1 is 0.581 bits per heavy atom. The minimum atomic E-state index is -1.83. The summed E-state index contributed by atoms with van der Waals surface area (Å²) in [6.07, 6.45) is -0.904. The van der Waals surface area contributed by atoms with Crippen molar-refractivity contribution in [3.8, 4) is 0 Å². The lowest BCUT2D eigenvalue weighted by Crippen LogP contribution is -2.62. The lowest BCUT2D eigenvalue weighted by Gasteiger charge is -2.29. The molecular formula is C55H91N15O15S. The first kappa shape index (κ1) is 74.5. The maximum Gasteiger partial charge on any atom is 0.327 e. The molecule has 30 nitrogen and oxygen atoms in total. The highest BCUT2D eigenvalue weighted by molar-refractivity contribution is 7.80. The number of carboxylic acid groups (broad SMARTS) is 2. The number of hydrogen-bond donors (Lipinski definition) is 19. The third kappa shape index (κ3) is 25.9. The van der Waals surface area contributed by atoms with E-state index in [2.05, 4.69) is 70.5 Å². The number of carbonyl (C=O) groups is 11. The molecule has 0 spiro atoms. The summed E-state index contributed by atoms with van der Waals surface area (Å²) in [6.45, 7) is 10.7. The summed E-state index contributed by atoms with van der Waals surface area (Å²) in [4.78, 5) is 156. The van der Waals surface area contributed by atoms with Crippen LogP contribution in [0.5, 0.6) is 0 Å². The average Bonchev–Trinajstić information content (AvgIpc) is 3.67. The van der Waals surface area contributed by atoms with Gasteiger partial charge in [0.2, 0.25) is 53.2 Å². The first-order valence-electron chi connectivity index (χ1n) is 28.6. The lowest BCUT2D eigenvalue weighted by atomic mass is 9.99. The molecule has 86 heavy (non-hydrogen) atoms. The van der Waals surface area contributed by atoms with Crippen molar-refractivity contribution in [3.05, 3.63) is 36.0 Å². The number of amides is 9. The third-order valence-electron chi connectivity index (χ3n) is 13.5. The van der Waals surface area contributed by atoms with Gasteiger partial charge in [0, 0.05) is 42.2 Å². The number of nitrogens with two attached hydrogens (primary N) is 4. The zero-order chi connectivity index (χ0) is 65.0. The number of H-pyrrole nitrogens is 1. The number of unbranched alkanes of at least 4 members (excludes halogenated alkanes) is 1. The maximum atomic E-state index is 14.5. The second-order valence-corrected chi connectivity index (χ2v) is 22.5. The van der Waals surface area contributed by atoms with Crippen LogP contribution in [0.25, 0.3) is 10.9 Å². The number of para-hydroxylation sites is 1. The molecule has 1 heterocycles. The SMILES string of the molecule is CC(C)C[C@H](NC(=O)[C@H](Cc1c[nH]c2ccccc12)NC(=O)[C@H](CCCN=C(N)N)NC(=O)[C@H](CO)NC(=O)[C@H](CCCCN)NC(=O)[C@H](CCC(=O)O)NC(=O)[C@@H](NC(=O)[C@@H](NC(=O)[C@@H](N)CC(C)C)C(C)C)[C@@H](C)O)C(=O)N[C@@H](CS)C(=O)O. The van der Waals surface area contributed by atoms with Crippen LogP contribution in [0, 0.1) is 17.8 Å². The molecule has 482 valence electrons. The van der Waals surface area contributed by atoms with Gasteiger partial charge in [-0.05, 0) is 94.2 Å². The highest BCUT2D eigenvalue weighted by Crippen LogP contribution is 2.20. The number of nitrogens with zero attached hydrogens (tertiary/aromatic N) is 1. The average molecular weight is 1230 g/mol. The fraction of sp³-hybridized carbons (Fsp3) is 0.636. The normalized spacial score (nSPS) is 15.2. The fourth-order valence-electron chi connectivity index (χ4n) is 8.84. The van der Waals surface area contributed by atoms with Gasteiger partial charge in [0.25, 0.3) is 0 Å². The Bertz CT molecular complexity index is 2630. The van der Waals surface area contributed by atoms with Gasteiger partial charge < -0.3 is 96.2 Å². The largest absolute Gasteiger partial charge is 0.481 e. The number of carboxylic acids is 2. The van der Waals surface area contributed by atoms with E-state index in [0.717, 1.165) is 6.92 Å². The Hall–Kier alpha value is -7.61. The number of hydrogen-bond acceptors (Lipinski definition) is 17. The second-order valence-electron chi connectivity index (χ2n) is 22.2. The topological polar surface area (TPSA) is 509 Å². The number of aromatic amines is 1. The molecule has 0 bridgehead atoms. The summed E-state index contributed by atoms with van der Waals surface area (Å²) < 4.78 is 0. The van der Waals surface area contributed by atoms with E-state index < -0.39 is 157 Å². The Morgan fingerprint density at radius 2 is 1.06 bits per heavy atom. The number of aliphatic imine (C=N–C) groups is 1. The Kier molecular flexibility index (Phi) is 32.7. The number of aliphatic hydroxyl groups excluding tert-OH is 2. The molecule has 2 aromatic rings. The van der Waals surface area contributed by atoms with Crippen molar-refractivity contribution < 1.29 is 73.2 Å². The van der Waals surface area contributed by atoms with E-state index in [9.17, 15) is 73.2 Å². The third-order valence-corrected chi connectivity index (χ3v) is 13.9. The van der Waals surface area contributed by atoms with Gasteiger partial charge in [-0.2, -0.15) is 12.6 Å². The number of aromatic nitrogens is 1. The Labute approximate surface area is 505 Å². The predicted octanol–water partition coefficient (Wildman–Crippen LogP) is -3.42. The minimum absolute atomic E-state index is 0.0435. The van der Waals surface area contributed by atoms with Crippen molar-refractivity contribution in [3.63, 3.8) is 0 Å². The zero-order valence-corrected chi connectivity index (χ0v) is 50.7. The molecule has 2 rings (SSSR count). The number of rotatable bonds is 40. The number of fused-ring (bicyclic) bond motifs is 1. The van der Waals surface area contributed by atoms with Crippen molar-refractivity contribution in [2.24, 2.45) is 45.7 Å². The van der Waals surface area contributed by atoms with Crippen LogP contribution >= 0.6 is 12.6 Å². The predicted molar refractivity (Wildman–Crippen MR) is 321 cm³/mol. The van der Waals surface area contributed by atoms with Crippen LogP contribution in [0.1, 0.15) is 112 Å². The van der Waals surface area contributed by atoms with Crippen molar-refractivity contribution in [2.75, 3.05) is 25.4 Å². The van der Waals surface area contributed by atoms with E-state index in [1.165, 1.54) is 0 Å². The number of nitrogens with one attached hydrogen (secondary N) is 10. The molecule has 22 N–H and O–H groups in total. The highest BCUT2D eigenvalue weighted by atomic mass is 32.1. The second kappa shape index (κ2) is 37.7. The van der Waals surface area contributed by atoms with Gasteiger partial charge in [-0.15, -0.1) is 0 Å². The molecule has 1 aromatic heterocycles. The van der Waals surface area contributed by atoms with Gasteiger partial charge in [-0.1, -0.05) is 59.7 Å². The maximum absolute atomic E-state index is 14.5. The molecule has 0 aliphatic carbocycles. The molecule has 0 aliphatic rings. The molecule has 0 fully saturated rings. The van der Waals surface area contributed by atoms with E-state index in [4.69, 9.17) is 22.9 Å². The van der Waals surface area contributed by atoms with Crippen molar-refractivity contribution in [1.82, 2.24) is 52.8 Å². The van der Waals surface area contributed by atoms with Gasteiger partial charge in [0.1, 0.15) is 54.4 Å². The molecule has 0 unspecified atom stereocenters. The van der Waals surface area contributed by atoms with E-state index >= 15 is 0 Å². The summed E-state index contributed by atoms with van der Waals surface area (Å²) in [5, 5.41) is 63.5. The Balaban J connectivity index is 2.52. The fourth-order valence-corrected chi connectivity index (χ4v) is 9.08. The molecular weight excluding hydrogens is 1140 g/mol. The summed E-state index contributed by atoms with van der Waals surface area (Å²) >= 11 is 4.02. The van der Waals surface area contributed by atoms with Crippen molar-refractivity contribution in [1.29, 1.82) is 0 Å². The molecule has 0 radical (unpaired) electrons. The van der Waals surface area contributed by atoms with Gasteiger partial charge >= 0.3 is 11.9 Å². The molecule has 11 atom stereocenters. The summed E-state index contributed by atoms with van der Waals surface area (Å²) in [7, 11) is 0. The first-order valence-corrected chi connectivity index (χ1v) is 29.2. The smallest absolute Gasteiger partial charge is 0.327 e. The van der Waals surface area contributed by atoms with Crippen LogP contribution in [0.4, 0.5) is 0 Å². The van der Waals surface area contributed by atoms with Crippen LogP contribution in [0.15, 0.2) is 35.5 Å². The number of aliphatic carboxylic acids is 2. The van der Waals surface area contributed by atoms with Crippen molar-refractivity contribution in [2.45, 2.75) is 179 Å². The van der Waals surface area contributed by atoms with Crippen LogP contribution in [-0.4, -0.2) is 188 Å². The number of benzene rings is 1. The first-order chi connectivity index (χ1) is 40.4. The van der Waals surface area contributed by atoms with Gasteiger partial charge in [-0.25, -0.2) is 4.79 Å². The monoisotopic (exact) mass is 1230 g/mol.